The fourth-order valence-electron chi connectivity index (χ4n) is 1.15. The minimum Gasteiger partial charge on any atom is -0.461 e. The predicted octanol–water partition coefficient (Wildman–Crippen LogP) is -0.0929. The van der Waals surface area contributed by atoms with Gasteiger partial charge in [-0.3, -0.25) is 9.59 Å². The Bertz CT molecular complexity index is 345. The topological polar surface area (TPSA) is 89.7 Å². The van der Waals surface area contributed by atoms with Crippen molar-refractivity contribution in [2.24, 2.45) is 5.73 Å². The van der Waals surface area contributed by atoms with Gasteiger partial charge in [-0.1, -0.05) is 0 Å². The number of nitrogens with two attached hydrogens (primary N) is 1. The van der Waals surface area contributed by atoms with E-state index in [0.29, 0.717) is 4.90 Å². The first-order chi connectivity index (χ1) is 8.14. The highest BCUT2D eigenvalue weighted by Gasteiger charge is 2.52. The molecule has 0 aliphatic heterocycles. The Morgan fingerprint density at radius 3 is 2.17 bits per heavy atom. The lowest BCUT2D eigenvalue weighted by Crippen LogP contribution is -2.53. The fourth-order valence-corrected chi connectivity index (χ4v) is 1.15. The zero-order valence-electron chi connectivity index (χ0n) is 10.4. The minimum absolute atomic E-state index is 0.279. The second kappa shape index (κ2) is 6.27. The number of hydrogen-bond donors (Lipinski definition) is 1. The fraction of sp³-hybridized carbons (Fsp3) is 0.700. The monoisotopic (exact) mass is 266 g/mol. The molecule has 8 heteroatoms. The van der Waals surface area contributed by atoms with Crippen LogP contribution in [0.2, 0.25) is 0 Å². The third-order valence-corrected chi connectivity index (χ3v) is 2.01. The molecule has 0 saturated carbocycles. The highest BCUT2D eigenvalue weighted by molar-refractivity contribution is 6.05. The summed E-state index contributed by atoms with van der Waals surface area (Å²) < 4.78 is 31.0. The first-order valence-electron chi connectivity index (χ1n) is 5.29. The van der Waals surface area contributed by atoms with Crippen molar-refractivity contribution in [3.63, 3.8) is 0 Å². The van der Waals surface area contributed by atoms with Crippen LogP contribution in [0.4, 0.5) is 8.78 Å². The second-order valence-corrected chi connectivity index (χ2v) is 3.79. The van der Waals surface area contributed by atoms with Gasteiger partial charge in [0.25, 0.3) is 0 Å². The van der Waals surface area contributed by atoms with Gasteiger partial charge in [0.2, 0.25) is 5.91 Å². The number of amides is 2. The number of primary amides is 1. The van der Waals surface area contributed by atoms with E-state index in [1.165, 1.54) is 20.8 Å². The molecular formula is C10H16F2N2O4. The molecule has 0 radical (unpaired) electrons. The lowest BCUT2D eigenvalue weighted by atomic mass is 10.2. The van der Waals surface area contributed by atoms with Gasteiger partial charge in [0, 0.05) is 6.04 Å². The molecular weight excluding hydrogens is 250 g/mol. The van der Waals surface area contributed by atoms with Gasteiger partial charge in [-0.15, -0.1) is 0 Å². The van der Waals surface area contributed by atoms with Crippen molar-refractivity contribution in [3.05, 3.63) is 0 Å². The summed E-state index contributed by atoms with van der Waals surface area (Å²) in [6.45, 7) is 3.21. The maximum atomic E-state index is 13.4. The first-order valence-corrected chi connectivity index (χ1v) is 5.29. The van der Waals surface area contributed by atoms with Crippen LogP contribution in [0.1, 0.15) is 20.8 Å². The van der Waals surface area contributed by atoms with Crippen LogP contribution >= 0.6 is 0 Å². The number of rotatable bonds is 6. The molecule has 0 fully saturated rings. The molecule has 0 atom stereocenters. The molecule has 2 N–H and O–H groups in total. The second-order valence-electron chi connectivity index (χ2n) is 3.79. The van der Waals surface area contributed by atoms with Crippen LogP contribution in [0.5, 0.6) is 0 Å². The largest absolute Gasteiger partial charge is 0.461 e. The van der Waals surface area contributed by atoms with Crippen molar-refractivity contribution >= 4 is 17.8 Å². The Kier molecular flexibility index (Phi) is 5.67. The van der Waals surface area contributed by atoms with Crippen LogP contribution in [-0.4, -0.2) is 47.8 Å². The number of carbonyl (C=O) groups excluding carboxylic acids is 3. The average Bonchev–Trinajstić information content (AvgIpc) is 2.24. The van der Waals surface area contributed by atoms with Gasteiger partial charge in [0.1, 0.15) is 0 Å². The number of hydrogen-bond acceptors (Lipinski definition) is 4. The maximum absolute atomic E-state index is 13.4. The predicted molar refractivity (Wildman–Crippen MR) is 57.6 cm³/mol. The molecule has 0 aliphatic rings. The molecule has 0 unspecified atom stereocenters. The standard InChI is InChI=1S/C10H16F2N2O4/c1-4-18-9(17)10(11,12)8(16)14(6(2)3)5-7(13)15/h6H,4-5H2,1-3H3,(H2,13,15). The molecule has 0 rings (SSSR count). The molecule has 18 heavy (non-hydrogen) atoms. The van der Waals surface area contributed by atoms with Gasteiger partial charge in [-0.05, 0) is 20.8 Å². The molecule has 0 aromatic carbocycles. The normalized spacial score (nSPS) is 11.2. The molecule has 0 aromatic heterocycles. The van der Waals surface area contributed by atoms with E-state index in [0.717, 1.165) is 0 Å². The van der Waals surface area contributed by atoms with Crippen LogP contribution in [0.3, 0.4) is 0 Å². The summed E-state index contributed by atoms with van der Waals surface area (Å²) in [6, 6.07) is -0.703. The van der Waals surface area contributed by atoms with E-state index in [1.54, 1.807) is 0 Å². The van der Waals surface area contributed by atoms with Gasteiger partial charge in [-0.2, -0.15) is 8.78 Å². The van der Waals surface area contributed by atoms with Gasteiger partial charge in [0.15, 0.2) is 0 Å². The third kappa shape index (κ3) is 3.94. The lowest BCUT2D eigenvalue weighted by Gasteiger charge is -2.28. The number of halogens is 2. The Hall–Kier alpha value is -1.73. The maximum Gasteiger partial charge on any atom is 0.419 e. The van der Waals surface area contributed by atoms with Crippen LogP contribution < -0.4 is 5.73 Å². The Morgan fingerprint density at radius 1 is 1.33 bits per heavy atom. The van der Waals surface area contributed by atoms with E-state index in [1.807, 2.05) is 0 Å². The summed E-state index contributed by atoms with van der Waals surface area (Å²) in [5.41, 5.74) is 4.85. The summed E-state index contributed by atoms with van der Waals surface area (Å²) in [5, 5.41) is 0. The molecule has 104 valence electrons. The molecule has 2 amide bonds. The minimum atomic E-state index is -4.32. The van der Waals surface area contributed by atoms with Crippen molar-refractivity contribution in [2.45, 2.75) is 32.7 Å². The Labute approximate surface area is 103 Å². The first kappa shape index (κ1) is 16.3. The Morgan fingerprint density at radius 2 is 1.83 bits per heavy atom. The molecule has 0 aromatic rings. The van der Waals surface area contributed by atoms with Crippen LogP contribution in [-0.2, 0) is 19.1 Å². The van der Waals surface area contributed by atoms with E-state index in [4.69, 9.17) is 5.73 Å². The summed E-state index contributed by atoms with van der Waals surface area (Å²) >= 11 is 0. The van der Waals surface area contributed by atoms with E-state index in [2.05, 4.69) is 4.74 Å². The van der Waals surface area contributed by atoms with E-state index < -0.39 is 36.3 Å². The van der Waals surface area contributed by atoms with Crippen molar-refractivity contribution in [1.82, 2.24) is 4.90 Å². The Balaban J connectivity index is 5.06. The molecule has 0 heterocycles. The summed E-state index contributed by atoms with van der Waals surface area (Å²) in [7, 11) is 0. The van der Waals surface area contributed by atoms with Gasteiger partial charge in [0.05, 0.1) is 13.2 Å². The summed E-state index contributed by atoms with van der Waals surface area (Å²) in [4.78, 5) is 33.7. The molecule has 0 spiro atoms. The smallest absolute Gasteiger partial charge is 0.419 e. The van der Waals surface area contributed by atoms with Crippen molar-refractivity contribution in [3.8, 4) is 0 Å². The summed E-state index contributed by atoms with van der Waals surface area (Å²) in [5.74, 6) is -9.01. The third-order valence-electron chi connectivity index (χ3n) is 2.01. The highest BCUT2D eigenvalue weighted by Crippen LogP contribution is 2.20. The number of esters is 1. The molecule has 0 saturated heterocycles. The quantitative estimate of drug-likeness (QED) is 0.537. The number of ether oxygens (including phenoxy) is 1. The zero-order chi connectivity index (χ0) is 14.5. The lowest BCUT2D eigenvalue weighted by molar-refractivity contribution is -0.184. The highest BCUT2D eigenvalue weighted by atomic mass is 19.3. The van der Waals surface area contributed by atoms with Crippen molar-refractivity contribution in [2.75, 3.05) is 13.2 Å². The van der Waals surface area contributed by atoms with Gasteiger partial charge in [-0.25, -0.2) is 4.79 Å². The number of carbonyl (C=O) groups is 3. The van der Waals surface area contributed by atoms with Crippen LogP contribution in [0, 0.1) is 0 Å². The van der Waals surface area contributed by atoms with Gasteiger partial charge < -0.3 is 15.4 Å². The van der Waals surface area contributed by atoms with E-state index in [9.17, 15) is 23.2 Å². The van der Waals surface area contributed by atoms with Crippen molar-refractivity contribution in [1.29, 1.82) is 0 Å². The molecule has 6 nitrogen and oxygen atoms in total. The number of nitrogens with zero attached hydrogens (tertiary/aromatic N) is 1. The van der Waals surface area contributed by atoms with Gasteiger partial charge >= 0.3 is 17.8 Å². The van der Waals surface area contributed by atoms with E-state index in [-0.39, 0.29) is 6.61 Å². The van der Waals surface area contributed by atoms with Crippen molar-refractivity contribution < 1.29 is 27.9 Å². The summed E-state index contributed by atoms with van der Waals surface area (Å²) in [6.07, 6.45) is 0. The number of alkyl halides is 2. The van der Waals surface area contributed by atoms with Crippen LogP contribution in [0.25, 0.3) is 0 Å². The zero-order valence-corrected chi connectivity index (χ0v) is 10.4. The van der Waals surface area contributed by atoms with E-state index >= 15 is 0 Å². The molecule has 0 aliphatic carbocycles. The van der Waals surface area contributed by atoms with Crippen LogP contribution in [0.15, 0.2) is 0 Å². The average molecular weight is 266 g/mol. The molecule has 0 bridgehead atoms. The SMILES string of the molecule is CCOC(=O)C(F)(F)C(=O)N(CC(N)=O)C(C)C.